The van der Waals surface area contributed by atoms with Crippen molar-refractivity contribution in [3.63, 3.8) is 0 Å². The van der Waals surface area contributed by atoms with Crippen LogP contribution in [0.5, 0.6) is 0 Å². The molecule has 1 heterocycles. The zero-order valence-electron chi connectivity index (χ0n) is 16.1. The lowest BCUT2D eigenvalue weighted by Crippen LogP contribution is -2.56. The number of fused-ring (bicyclic) bond motifs is 1. The summed E-state index contributed by atoms with van der Waals surface area (Å²) in [5, 5.41) is 6.50. The fourth-order valence-corrected chi connectivity index (χ4v) is 5.33. The fraction of sp³-hybridized carbons (Fsp3) is 0.435. The van der Waals surface area contributed by atoms with Gasteiger partial charge in [-0.25, -0.2) is 0 Å². The van der Waals surface area contributed by atoms with Gasteiger partial charge in [-0.05, 0) is 41.5 Å². The van der Waals surface area contributed by atoms with Gasteiger partial charge in [-0.3, -0.25) is 4.79 Å². The lowest BCUT2D eigenvalue weighted by molar-refractivity contribution is -0.129. The van der Waals surface area contributed by atoms with Crippen LogP contribution in [0.25, 0.3) is 0 Å². The number of carbonyl (C=O) groups is 1. The summed E-state index contributed by atoms with van der Waals surface area (Å²) in [5.41, 5.74) is 5.83. The Kier molecular flexibility index (Phi) is 5.46. The third-order valence-corrected chi connectivity index (χ3v) is 6.56. The van der Waals surface area contributed by atoms with Crippen molar-refractivity contribution in [2.24, 2.45) is 5.92 Å². The molecule has 0 radical (unpaired) electrons. The van der Waals surface area contributed by atoms with E-state index in [0.717, 1.165) is 13.0 Å². The average Bonchev–Trinajstić information content (AvgIpc) is 2.72. The van der Waals surface area contributed by atoms with Gasteiger partial charge in [0.1, 0.15) is 6.04 Å². The van der Waals surface area contributed by atoms with Crippen LogP contribution in [0.4, 0.5) is 0 Å². The van der Waals surface area contributed by atoms with Crippen molar-refractivity contribution in [3.8, 4) is 0 Å². The number of morpholine rings is 1. The summed E-state index contributed by atoms with van der Waals surface area (Å²) < 4.78 is 5.62. The first-order chi connectivity index (χ1) is 13.2. The number of rotatable bonds is 3. The molecule has 1 unspecified atom stereocenters. The molecule has 2 N–H and O–H groups in total. The minimum absolute atomic E-state index is 0. The summed E-state index contributed by atoms with van der Waals surface area (Å²) >= 11 is 0. The molecule has 0 spiro atoms. The fourth-order valence-electron chi connectivity index (χ4n) is 5.33. The average molecular weight is 399 g/mol. The molecule has 1 fully saturated rings. The molecule has 0 saturated carbocycles. The highest BCUT2D eigenvalue weighted by atomic mass is 35.5. The van der Waals surface area contributed by atoms with Crippen LogP contribution in [0.1, 0.15) is 47.4 Å². The largest absolute Gasteiger partial charge is 0.375 e. The molecule has 5 heteroatoms. The van der Waals surface area contributed by atoms with Gasteiger partial charge < -0.3 is 15.4 Å². The van der Waals surface area contributed by atoms with Crippen molar-refractivity contribution < 1.29 is 9.53 Å². The molecule has 2 bridgehead atoms. The lowest BCUT2D eigenvalue weighted by Gasteiger charge is -2.45. The Labute approximate surface area is 172 Å². The second-order valence-corrected chi connectivity index (χ2v) is 8.04. The predicted molar refractivity (Wildman–Crippen MR) is 112 cm³/mol. The molecule has 6 rings (SSSR count). The molecule has 2 aromatic carbocycles. The molecule has 1 saturated heterocycles. The Morgan fingerprint density at radius 1 is 1.07 bits per heavy atom. The van der Waals surface area contributed by atoms with Gasteiger partial charge in [0.15, 0.2) is 0 Å². The highest BCUT2D eigenvalue weighted by Crippen LogP contribution is 2.55. The molecule has 1 aliphatic heterocycles. The van der Waals surface area contributed by atoms with Crippen LogP contribution in [0.3, 0.4) is 0 Å². The first kappa shape index (κ1) is 19.4. The van der Waals surface area contributed by atoms with Crippen LogP contribution in [-0.2, 0) is 9.53 Å². The number of nitrogens with one attached hydrogen (secondary N) is 2. The van der Waals surface area contributed by atoms with E-state index in [1.165, 1.54) is 22.3 Å². The third kappa shape index (κ3) is 3.14. The number of halogens is 1. The number of amides is 1. The van der Waals surface area contributed by atoms with Gasteiger partial charge in [0.05, 0.1) is 12.7 Å². The van der Waals surface area contributed by atoms with E-state index < -0.39 is 0 Å². The molecule has 148 valence electrons. The molecule has 3 aliphatic carbocycles. The summed E-state index contributed by atoms with van der Waals surface area (Å²) in [6.07, 6.45) is 1.02. The van der Waals surface area contributed by atoms with Crippen LogP contribution < -0.4 is 10.6 Å². The topological polar surface area (TPSA) is 50.4 Å². The molecule has 4 aliphatic rings. The lowest BCUT2D eigenvalue weighted by atomic mass is 9.59. The number of hydrogen-bond donors (Lipinski definition) is 2. The van der Waals surface area contributed by atoms with Gasteiger partial charge in [-0.15, -0.1) is 12.4 Å². The van der Waals surface area contributed by atoms with Crippen molar-refractivity contribution in [1.82, 2.24) is 10.6 Å². The van der Waals surface area contributed by atoms with E-state index in [9.17, 15) is 4.79 Å². The molecular weight excluding hydrogens is 372 g/mol. The zero-order chi connectivity index (χ0) is 18.4. The smallest absolute Gasteiger partial charge is 0.239 e. The van der Waals surface area contributed by atoms with Gasteiger partial charge in [0.2, 0.25) is 5.91 Å². The predicted octanol–water partition coefficient (Wildman–Crippen LogP) is 3.20. The van der Waals surface area contributed by atoms with Crippen LogP contribution in [0.15, 0.2) is 48.5 Å². The Morgan fingerprint density at radius 3 is 2.29 bits per heavy atom. The highest BCUT2D eigenvalue weighted by molar-refractivity contribution is 5.85. The second-order valence-electron chi connectivity index (χ2n) is 8.04. The molecule has 0 aromatic heterocycles. The maximum atomic E-state index is 12.7. The van der Waals surface area contributed by atoms with E-state index in [0.29, 0.717) is 30.9 Å². The minimum atomic E-state index is -0.251. The van der Waals surface area contributed by atoms with Crippen molar-refractivity contribution in [2.75, 3.05) is 19.7 Å². The first-order valence-corrected chi connectivity index (χ1v) is 10.0. The van der Waals surface area contributed by atoms with Gasteiger partial charge >= 0.3 is 0 Å². The molecule has 2 aromatic rings. The highest BCUT2D eigenvalue weighted by Gasteiger charge is 2.43. The van der Waals surface area contributed by atoms with E-state index in [1.807, 2.05) is 6.92 Å². The van der Waals surface area contributed by atoms with Gasteiger partial charge in [-0.2, -0.15) is 0 Å². The molecular formula is C23H27ClN2O2. The van der Waals surface area contributed by atoms with Crippen molar-refractivity contribution in [3.05, 3.63) is 70.8 Å². The summed E-state index contributed by atoms with van der Waals surface area (Å²) in [7, 11) is 0. The maximum Gasteiger partial charge on any atom is 0.239 e. The monoisotopic (exact) mass is 398 g/mol. The van der Waals surface area contributed by atoms with E-state index in [2.05, 4.69) is 59.2 Å². The van der Waals surface area contributed by atoms with Gasteiger partial charge in [0, 0.05) is 24.9 Å². The number of carbonyl (C=O) groups excluding carboxylic acids is 1. The maximum absolute atomic E-state index is 12.7. The zero-order valence-corrected chi connectivity index (χ0v) is 16.9. The van der Waals surface area contributed by atoms with Crippen LogP contribution in [-0.4, -0.2) is 37.7 Å². The quantitative estimate of drug-likeness (QED) is 0.834. The standard InChI is InChI=1S/C23H26N2O2.ClH/c1-14-22(24-10-11-27-14)23(26)25-13-15-12-20-16-6-2-4-8-18(16)21(15)19-9-5-3-7-17(19)20;/h2-9,14-15,20-22,24H,10-13H2,1H3,(H,25,26);1H/t14-,15?,20?,21?,22+;/m1./s1. The van der Waals surface area contributed by atoms with Crippen molar-refractivity contribution >= 4 is 18.3 Å². The summed E-state index contributed by atoms with van der Waals surface area (Å²) in [6, 6.07) is 17.4. The normalized spacial score (nSPS) is 30.0. The van der Waals surface area contributed by atoms with Gasteiger partial charge in [0.25, 0.3) is 0 Å². The number of benzene rings is 2. The van der Waals surface area contributed by atoms with E-state index >= 15 is 0 Å². The molecule has 1 amide bonds. The number of hydrogen-bond acceptors (Lipinski definition) is 3. The van der Waals surface area contributed by atoms with E-state index in [4.69, 9.17) is 4.74 Å². The summed E-state index contributed by atoms with van der Waals surface area (Å²) in [6.45, 7) is 4.08. The molecule has 4 nitrogen and oxygen atoms in total. The summed E-state index contributed by atoms with van der Waals surface area (Å²) in [4.78, 5) is 12.7. The van der Waals surface area contributed by atoms with Crippen molar-refractivity contribution in [1.29, 1.82) is 0 Å². The van der Waals surface area contributed by atoms with Crippen molar-refractivity contribution in [2.45, 2.75) is 37.3 Å². The number of ether oxygens (including phenoxy) is 1. The van der Waals surface area contributed by atoms with Crippen LogP contribution in [0, 0.1) is 5.92 Å². The first-order valence-electron chi connectivity index (χ1n) is 10.0. The Morgan fingerprint density at radius 2 is 1.68 bits per heavy atom. The van der Waals surface area contributed by atoms with Crippen LogP contribution in [0.2, 0.25) is 0 Å². The van der Waals surface area contributed by atoms with Crippen LogP contribution >= 0.6 is 12.4 Å². The molecule has 28 heavy (non-hydrogen) atoms. The molecule has 3 atom stereocenters. The van der Waals surface area contributed by atoms with Gasteiger partial charge in [-0.1, -0.05) is 48.5 Å². The Bertz CT molecular complexity index is 824. The third-order valence-electron chi connectivity index (χ3n) is 6.56. The SMILES string of the molecule is C[C@H]1OCCN[C@@H]1C(=O)NCC1CC2c3ccccc3C1c1ccccc12.Cl. The Balaban J connectivity index is 0.00000192. The minimum Gasteiger partial charge on any atom is -0.375 e. The second kappa shape index (κ2) is 7.86. The van der Waals surface area contributed by atoms with E-state index in [1.54, 1.807) is 0 Å². The van der Waals surface area contributed by atoms with E-state index in [-0.39, 0.29) is 30.5 Å². The Hall–Kier alpha value is -1.88. The summed E-state index contributed by atoms with van der Waals surface area (Å²) in [5.74, 6) is 1.31.